The van der Waals surface area contributed by atoms with E-state index in [0.29, 0.717) is 0 Å². The molecule has 0 spiro atoms. The highest BCUT2D eigenvalue weighted by Crippen LogP contribution is 2.27. The maximum atomic E-state index is 8.87. The number of rotatable bonds is 4. The molecule has 0 aliphatic heterocycles. The Morgan fingerprint density at radius 1 is 1.47 bits per heavy atom. The Labute approximate surface area is 104 Å². The van der Waals surface area contributed by atoms with Crippen LogP contribution in [0.4, 0.5) is 0 Å². The smallest absolute Gasteiger partial charge is 0.0684 e. The third-order valence-corrected chi connectivity index (χ3v) is 3.58. The maximum absolute atomic E-state index is 8.87. The standard InChI is InChI=1S/C12H14BrNS/c1-12(2,9-14)6-7-15-11-5-3-4-10(13)8-11/h3-5,8H,6-7H2,1-2H3. The van der Waals surface area contributed by atoms with Gasteiger partial charge in [0.2, 0.25) is 0 Å². The van der Waals surface area contributed by atoms with E-state index in [2.05, 4.69) is 34.1 Å². The molecule has 15 heavy (non-hydrogen) atoms. The zero-order valence-electron chi connectivity index (χ0n) is 8.96. The van der Waals surface area contributed by atoms with Gasteiger partial charge in [-0.05, 0) is 44.2 Å². The van der Waals surface area contributed by atoms with Crippen molar-refractivity contribution >= 4 is 27.7 Å². The second-order valence-electron chi connectivity index (χ2n) is 4.05. The van der Waals surface area contributed by atoms with Gasteiger partial charge in [0.1, 0.15) is 0 Å². The number of benzene rings is 1. The Kier molecular flexibility index (Phi) is 4.69. The van der Waals surface area contributed by atoms with Crippen molar-refractivity contribution in [2.24, 2.45) is 5.41 Å². The van der Waals surface area contributed by atoms with Gasteiger partial charge < -0.3 is 0 Å². The largest absolute Gasteiger partial charge is 0.198 e. The Bertz CT molecular complexity index is 368. The van der Waals surface area contributed by atoms with Gasteiger partial charge in [0.15, 0.2) is 0 Å². The number of hydrogen-bond acceptors (Lipinski definition) is 2. The molecule has 0 N–H and O–H groups in total. The first-order chi connectivity index (χ1) is 7.03. The first-order valence-corrected chi connectivity index (χ1v) is 6.61. The van der Waals surface area contributed by atoms with Crippen molar-refractivity contribution in [3.8, 4) is 6.07 Å². The Morgan fingerprint density at radius 2 is 2.20 bits per heavy atom. The summed E-state index contributed by atoms with van der Waals surface area (Å²) in [7, 11) is 0. The van der Waals surface area contributed by atoms with Gasteiger partial charge in [0.05, 0.1) is 11.5 Å². The van der Waals surface area contributed by atoms with E-state index < -0.39 is 0 Å². The van der Waals surface area contributed by atoms with Crippen LogP contribution in [-0.2, 0) is 0 Å². The molecule has 1 aromatic carbocycles. The predicted molar refractivity (Wildman–Crippen MR) is 68.9 cm³/mol. The van der Waals surface area contributed by atoms with Gasteiger partial charge >= 0.3 is 0 Å². The van der Waals surface area contributed by atoms with Crippen LogP contribution >= 0.6 is 27.7 Å². The van der Waals surface area contributed by atoms with Crippen LogP contribution in [0.15, 0.2) is 33.6 Å². The highest BCUT2D eigenvalue weighted by atomic mass is 79.9. The number of hydrogen-bond donors (Lipinski definition) is 0. The van der Waals surface area contributed by atoms with Crippen molar-refractivity contribution < 1.29 is 0 Å². The molecular weight excluding hydrogens is 270 g/mol. The third-order valence-electron chi connectivity index (χ3n) is 2.09. The molecule has 3 heteroatoms. The molecule has 1 nitrogen and oxygen atoms in total. The number of halogens is 1. The van der Waals surface area contributed by atoms with E-state index in [1.54, 1.807) is 11.8 Å². The van der Waals surface area contributed by atoms with E-state index in [0.717, 1.165) is 16.6 Å². The van der Waals surface area contributed by atoms with Gasteiger partial charge in [-0.2, -0.15) is 5.26 Å². The Morgan fingerprint density at radius 3 is 2.80 bits per heavy atom. The summed E-state index contributed by atoms with van der Waals surface area (Å²) in [6.07, 6.45) is 0.917. The second kappa shape index (κ2) is 5.58. The number of thioether (sulfide) groups is 1. The molecule has 0 aliphatic rings. The molecule has 0 heterocycles. The van der Waals surface area contributed by atoms with E-state index in [-0.39, 0.29) is 5.41 Å². The molecular formula is C12H14BrNS. The zero-order chi connectivity index (χ0) is 11.3. The molecule has 1 rings (SSSR count). The Balaban J connectivity index is 2.42. The minimum atomic E-state index is -0.209. The van der Waals surface area contributed by atoms with E-state index in [4.69, 9.17) is 5.26 Å². The quantitative estimate of drug-likeness (QED) is 0.761. The van der Waals surface area contributed by atoms with Crippen molar-refractivity contribution in [2.75, 3.05) is 5.75 Å². The van der Waals surface area contributed by atoms with E-state index in [1.165, 1.54) is 4.90 Å². The van der Waals surface area contributed by atoms with Crippen molar-refractivity contribution in [1.29, 1.82) is 5.26 Å². The molecule has 0 radical (unpaired) electrons. The molecule has 0 saturated heterocycles. The maximum Gasteiger partial charge on any atom is 0.0684 e. The summed E-state index contributed by atoms with van der Waals surface area (Å²) in [4.78, 5) is 1.25. The molecule has 0 atom stereocenters. The van der Waals surface area contributed by atoms with E-state index in [9.17, 15) is 0 Å². The summed E-state index contributed by atoms with van der Waals surface area (Å²) in [5.41, 5.74) is -0.209. The van der Waals surface area contributed by atoms with Crippen molar-refractivity contribution in [1.82, 2.24) is 0 Å². The first-order valence-electron chi connectivity index (χ1n) is 4.83. The average Bonchev–Trinajstić information content (AvgIpc) is 2.18. The van der Waals surface area contributed by atoms with Gasteiger partial charge in [0, 0.05) is 9.37 Å². The summed E-state index contributed by atoms with van der Waals surface area (Å²) in [5, 5.41) is 8.87. The lowest BCUT2D eigenvalue weighted by atomic mass is 9.93. The molecule has 0 unspecified atom stereocenters. The van der Waals surface area contributed by atoms with Crippen molar-refractivity contribution in [2.45, 2.75) is 25.2 Å². The van der Waals surface area contributed by atoms with Crippen LogP contribution in [-0.4, -0.2) is 5.75 Å². The van der Waals surface area contributed by atoms with Crippen LogP contribution in [0.25, 0.3) is 0 Å². The Hall–Kier alpha value is -0.460. The summed E-state index contributed by atoms with van der Waals surface area (Å²) >= 11 is 5.24. The fourth-order valence-corrected chi connectivity index (χ4v) is 2.82. The van der Waals surface area contributed by atoms with Gasteiger partial charge in [-0.3, -0.25) is 0 Å². The van der Waals surface area contributed by atoms with Crippen molar-refractivity contribution in [3.05, 3.63) is 28.7 Å². The molecule has 80 valence electrons. The SMILES string of the molecule is CC(C)(C#N)CCSc1cccc(Br)c1. The second-order valence-corrected chi connectivity index (χ2v) is 6.14. The summed E-state index contributed by atoms with van der Waals surface area (Å²) in [6, 6.07) is 10.6. The molecule has 0 bridgehead atoms. The van der Waals surface area contributed by atoms with Gasteiger partial charge in [-0.25, -0.2) is 0 Å². The lowest BCUT2D eigenvalue weighted by Gasteiger charge is -2.13. The van der Waals surface area contributed by atoms with Crippen molar-refractivity contribution in [3.63, 3.8) is 0 Å². The highest BCUT2D eigenvalue weighted by molar-refractivity contribution is 9.10. The first kappa shape index (κ1) is 12.6. The zero-order valence-corrected chi connectivity index (χ0v) is 11.4. The molecule has 1 aromatic rings. The van der Waals surface area contributed by atoms with Crippen LogP contribution in [0.3, 0.4) is 0 Å². The highest BCUT2D eigenvalue weighted by Gasteiger charge is 2.15. The van der Waals surface area contributed by atoms with Gasteiger partial charge in [-0.15, -0.1) is 11.8 Å². The average molecular weight is 284 g/mol. The van der Waals surface area contributed by atoms with Crippen LogP contribution in [0.5, 0.6) is 0 Å². The van der Waals surface area contributed by atoms with E-state index >= 15 is 0 Å². The van der Waals surface area contributed by atoms with Gasteiger partial charge in [0.25, 0.3) is 0 Å². The summed E-state index contributed by atoms with van der Waals surface area (Å²) in [5.74, 6) is 0.983. The number of nitriles is 1. The molecule has 0 amide bonds. The fraction of sp³-hybridized carbons (Fsp3) is 0.417. The predicted octanol–water partition coefficient (Wildman–Crippen LogP) is 4.48. The monoisotopic (exact) mass is 283 g/mol. The van der Waals surface area contributed by atoms with Gasteiger partial charge in [-0.1, -0.05) is 22.0 Å². The lowest BCUT2D eigenvalue weighted by Crippen LogP contribution is -2.08. The summed E-state index contributed by atoms with van der Waals surface area (Å²) < 4.78 is 1.10. The lowest BCUT2D eigenvalue weighted by molar-refractivity contribution is 0.482. The minimum Gasteiger partial charge on any atom is -0.198 e. The van der Waals surface area contributed by atoms with E-state index in [1.807, 2.05) is 26.0 Å². The molecule has 0 fully saturated rings. The minimum absolute atomic E-state index is 0.209. The van der Waals surface area contributed by atoms with Crippen LogP contribution < -0.4 is 0 Å². The molecule has 0 aromatic heterocycles. The molecule has 0 aliphatic carbocycles. The fourth-order valence-electron chi connectivity index (χ4n) is 1.04. The molecule has 0 saturated carbocycles. The normalized spacial score (nSPS) is 11.1. The van der Waals surface area contributed by atoms with Crippen LogP contribution in [0.1, 0.15) is 20.3 Å². The summed E-state index contributed by atoms with van der Waals surface area (Å²) in [6.45, 7) is 3.96. The third kappa shape index (κ3) is 4.72. The van der Waals surface area contributed by atoms with Crippen LogP contribution in [0.2, 0.25) is 0 Å². The number of nitrogens with zero attached hydrogens (tertiary/aromatic N) is 1. The topological polar surface area (TPSA) is 23.8 Å². The van der Waals surface area contributed by atoms with Crippen LogP contribution in [0, 0.1) is 16.7 Å².